The van der Waals surface area contributed by atoms with Crippen molar-refractivity contribution < 1.29 is 27.8 Å². The zero-order valence-electron chi connectivity index (χ0n) is 27.0. The molecule has 0 spiro atoms. The van der Waals surface area contributed by atoms with Gasteiger partial charge in [-0.25, -0.2) is 8.78 Å². The zero-order chi connectivity index (χ0) is 33.6. The number of nitrogens with zero attached hydrogens (tertiary/aromatic N) is 3. The predicted molar refractivity (Wildman–Crippen MR) is 180 cm³/mol. The van der Waals surface area contributed by atoms with Gasteiger partial charge in [0.25, 0.3) is 5.91 Å². The first-order chi connectivity index (χ1) is 21.9. The molecule has 46 heavy (non-hydrogen) atoms. The van der Waals surface area contributed by atoms with E-state index in [0.29, 0.717) is 43.6 Å². The van der Waals surface area contributed by atoms with Gasteiger partial charge in [-0.3, -0.25) is 4.79 Å². The summed E-state index contributed by atoms with van der Waals surface area (Å²) >= 11 is 7.78. The fourth-order valence-electron chi connectivity index (χ4n) is 5.02. The zero-order valence-corrected chi connectivity index (χ0v) is 28.6. The van der Waals surface area contributed by atoms with Crippen LogP contribution in [0.5, 0.6) is 0 Å². The molecule has 2 heterocycles. The lowest BCUT2D eigenvalue weighted by atomic mass is 9.94. The molecule has 2 aromatic carbocycles. The van der Waals surface area contributed by atoms with Gasteiger partial charge in [0.1, 0.15) is 35.1 Å². The second-order valence-corrected chi connectivity index (χ2v) is 13.2. The number of allylic oxidation sites excluding steroid dienone is 1. The molecule has 0 bridgehead atoms. The molecular weight excluding hydrogens is 634 g/mol. The number of nitriles is 1. The van der Waals surface area contributed by atoms with Gasteiger partial charge in [0.2, 0.25) is 5.88 Å². The van der Waals surface area contributed by atoms with E-state index in [1.165, 1.54) is 12.1 Å². The fraction of sp³-hybridized carbons (Fsp3) is 0.441. The summed E-state index contributed by atoms with van der Waals surface area (Å²) in [4.78, 5) is 19.5. The summed E-state index contributed by atoms with van der Waals surface area (Å²) in [5.74, 6) is -0.843. The van der Waals surface area contributed by atoms with Crippen LogP contribution < -0.4 is 5.32 Å². The molecule has 1 aromatic heterocycles. The van der Waals surface area contributed by atoms with Gasteiger partial charge < -0.3 is 24.4 Å². The largest absolute Gasteiger partial charge is 0.481 e. The van der Waals surface area contributed by atoms with E-state index >= 15 is 8.78 Å². The molecule has 1 saturated heterocycles. The van der Waals surface area contributed by atoms with E-state index in [9.17, 15) is 10.1 Å². The van der Waals surface area contributed by atoms with Crippen molar-refractivity contribution in [2.24, 2.45) is 4.99 Å². The molecule has 4 rings (SSSR count). The molecule has 0 radical (unpaired) electrons. The molecule has 12 heteroatoms. The average molecular weight is 673 g/mol. The van der Waals surface area contributed by atoms with Crippen LogP contribution >= 0.6 is 22.9 Å². The minimum Gasteiger partial charge on any atom is -0.481 e. The molecule has 0 atom stereocenters. The van der Waals surface area contributed by atoms with Crippen molar-refractivity contribution in [3.05, 3.63) is 63.5 Å². The van der Waals surface area contributed by atoms with Gasteiger partial charge in [0.15, 0.2) is 0 Å². The topological polar surface area (TPSA) is 96.2 Å². The molecule has 0 aliphatic carbocycles. The van der Waals surface area contributed by atoms with Gasteiger partial charge in [0.05, 0.1) is 34.6 Å². The molecule has 1 N–H and O–H groups in total. The van der Waals surface area contributed by atoms with E-state index in [-0.39, 0.29) is 49.0 Å². The van der Waals surface area contributed by atoms with Crippen molar-refractivity contribution in [3.63, 3.8) is 0 Å². The number of aliphatic imine (C=N–C) groups is 1. The maximum atomic E-state index is 16.6. The number of unbranched alkanes of at least 4 members (excludes halogenated alkanes) is 1. The third-order valence-corrected chi connectivity index (χ3v) is 8.73. The Bertz CT molecular complexity index is 1700. The van der Waals surface area contributed by atoms with Gasteiger partial charge in [-0.1, -0.05) is 31.0 Å². The molecule has 0 saturated carbocycles. The number of amides is 1. The summed E-state index contributed by atoms with van der Waals surface area (Å²) in [6.45, 7) is 11.1. The number of benzene rings is 2. The van der Waals surface area contributed by atoms with Gasteiger partial charge in [-0.2, -0.15) is 10.3 Å². The Labute approximate surface area is 277 Å². The highest BCUT2D eigenvalue weighted by Gasteiger charge is 2.27. The summed E-state index contributed by atoms with van der Waals surface area (Å²) in [5.41, 5.74) is 0.443. The number of ether oxygens (including phenoxy) is 3. The molecule has 1 aliphatic heterocycles. The normalized spacial score (nSPS) is 14.7. The number of amidine groups is 1. The third-order valence-electron chi connectivity index (χ3n) is 7.32. The number of thiophene rings is 1. The molecule has 1 aliphatic rings. The first-order valence-electron chi connectivity index (χ1n) is 15.1. The van der Waals surface area contributed by atoms with Crippen LogP contribution in [0.1, 0.15) is 63.6 Å². The van der Waals surface area contributed by atoms with Crippen molar-refractivity contribution in [2.75, 3.05) is 45.3 Å². The molecule has 1 fully saturated rings. The lowest BCUT2D eigenvalue weighted by molar-refractivity contribution is -0.125. The molecule has 1 amide bonds. The minimum atomic E-state index is -0.634. The number of fused-ring (bicyclic) bond motifs is 1. The summed E-state index contributed by atoms with van der Waals surface area (Å²) in [6.07, 6.45) is 4.30. The first-order valence-corrected chi connectivity index (χ1v) is 16.3. The number of methoxy groups -OCH3 is 1. The highest BCUT2D eigenvalue weighted by Crippen LogP contribution is 2.45. The summed E-state index contributed by atoms with van der Waals surface area (Å²) in [6, 6.07) is 6.33. The summed E-state index contributed by atoms with van der Waals surface area (Å²) in [7, 11) is 1.54. The van der Waals surface area contributed by atoms with E-state index in [1.807, 2.05) is 31.7 Å². The third kappa shape index (κ3) is 8.04. The van der Waals surface area contributed by atoms with Crippen LogP contribution in [0.25, 0.3) is 21.2 Å². The highest BCUT2D eigenvalue weighted by molar-refractivity contribution is 7.23. The molecule has 8 nitrogen and oxygen atoms in total. The number of halogens is 3. The number of hydrogen-bond acceptors (Lipinski definition) is 7. The predicted octanol–water partition coefficient (Wildman–Crippen LogP) is 8.19. The second kappa shape index (κ2) is 15.4. The number of anilines is 1. The van der Waals surface area contributed by atoms with Crippen molar-refractivity contribution in [2.45, 2.75) is 59.5 Å². The van der Waals surface area contributed by atoms with Crippen LogP contribution in [-0.2, 0) is 19.0 Å². The van der Waals surface area contributed by atoms with E-state index in [1.54, 1.807) is 20.1 Å². The Balaban J connectivity index is 1.87. The Hall–Kier alpha value is -3.56. The van der Waals surface area contributed by atoms with Gasteiger partial charge in [-0.15, -0.1) is 11.3 Å². The van der Waals surface area contributed by atoms with Crippen LogP contribution in [0, 0.1) is 29.9 Å². The molecule has 0 unspecified atom stereocenters. The smallest absolute Gasteiger partial charge is 0.251 e. The lowest BCUT2D eigenvalue weighted by Gasteiger charge is -2.26. The van der Waals surface area contributed by atoms with Crippen molar-refractivity contribution >= 4 is 49.8 Å². The Morgan fingerprint density at radius 1 is 1.28 bits per heavy atom. The standard InChI is InChI=1S/C34H39ClF2N4O4S/c1-7-8-10-27(43-6)40-32(41-13-9-15-44-16-14-41)22-17-24(35)29(30(37)20(22)2)21-11-12-25(36)31-28(21)23(18-38)33(46-31)39-26(42)19-45-34(3,4)5/h10-12,17H,7-9,13-16,19H2,1-6H3,(H,39,42)/b27-10-,40-32+. The monoisotopic (exact) mass is 672 g/mol. The van der Waals surface area contributed by atoms with E-state index in [0.717, 1.165) is 30.6 Å². The van der Waals surface area contributed by atoms with Crippen LogP contribution in [0.15, 0.2) is 35.2 Å². The fourth-order valence-corrected chi connectivity index (χ4v) is 6.41. The number of hydrogen-bond donors (Lipinski definition) is 1. The van der Waals surface area contributed by atoms with Crippen molar-refractivity contribution in [1.29, 1.82) is 5.26 Å². The lowest BCUT2D eigenvalue weighted by Crippen LogP contribution is -2.35. The van der Waals surface area contributed by atoms with Gasteiger partial charge in [-0.05, 0) is 69.9 Å². The Morgan fingerprint density at radius 3 is 2.72 bits per heavy atom. The maximum absolute atomic E-state index is 16.6. The summed E-state index contributed by atoms with van der Waals surface area (Å²) < 4.78 is 48.7. The molecule has 3 aromatic rings. The number of carbonyl (C=O) groups excluding carboxylic acids is 1. The summed E-state index contributed by atoms with van der Waals surface area (Å²) in [5, 5.41) is 13.2. The average Bonchev–Trinajstić information content (AvgIpc) is 3.17. The number of nitrogens with one attached hydrogen (secondary N) is 1. The number of rotatable bonds is 9. The van der Waals surface area contributed by atoms with Crippen LogP contribution in [-0.4, -0.2) is 62.3 Å². The van der Waals surface area contributed by atoms with Gasteiger partial charge >= 0.3 is 0 Å². The van der Waals surface area contributed by atoms with Crippen molar-refractivity contribution in [1.82, 2.24) is 4.90 Å². The van der Waals surface area contributed by atoms with E-state index < -0.39 is 23.1 Å². The SMILES string of the molecule is CCC/C=C(/N=C(\c1cc(Cl)c(-c2ccc(F)c3sc(NC(=O)COC(C)(C)C)c(C#N)c23)c(F)c1C)N1CCCOCC1)OC. The minimum absolute atomic E-state index is 0.00780. The van der Waals surface area contributed by atoms with E-state index in [4.69, 9.17) is 30.8 Å². The first kappa shape index (κ1) is 35.3. The maximum Gasteiger partial charge on any atom is 0.251 e. The molecule has 246 valence electrons. The van der Waals surface area contributed by atoms with Crippen LogP contribution in [0.2, 0.25) is 5.02 Å². The molecular formula is C34H39ClF2N4O4S. The Kier molecular flexibility index (Phi) is 11.8. The van der Waals surface area contributed by atoms with Crippen LogP contribution in [0.3, 0.4) is 0 Å². The second-order valence-electron chi connectivity index (χ2n) is 11.8. The Morgan fingerprint density at radius 2 is 2.04 bits per heavy atom. The van der Waals surface area contributed by atoms with E-state index in [2.05, 4.69) is 18.3 Å². The van der Waals surface area contributed by atoms with Crippen LogP contribution in [0.4, 0.5) is 13.8 Å². The quantitative estimate of drug-likeness (QED) is 0.140. The van der Waals surface area contributed by atoms with Gasteiger partial charge in [0, 0.05) is 36.2 Å². The van der Waals surface area contributed by atoms with Crippen molar-refractivity contribution in [3.8, 4) is 17.2 Å². The number of carbonyl (C=O) groups is 1. The highest BCUT2D eigenvalue weighted by atomic mass is 35.5.